The second-order valence-electron chi connectivity index (χ2n) is 8.97. The van der Waals surface area contributed by atoms with E-state index in [2.05, 4.69) is 22.4 Å². The van der Waals surface area contributed by atoms with E-state index in [1.807, 2.05) is 17.1 Å². The predicted octanol–water partition coefficient (Wildman–Crippen LogP) is 5.29. The molecule has 36 heavy (non-hydrogen) atoms. The number of halogens is 1. The fourth-order valence-corrected chi connectivity index (χ4v) is 3.89. The average molecular weight is 509 g/mol. The molecule has 3 rings (SSSR count). The topological polar surface area (TPSA) is 83.4 Å². The van der Waals surface area contributed by atoms with Crippen LogP contribution in [0.25, 0.3) is 0 Å². The highest BCUT2D eigenvalue weighted by molar-refractivity contribution is 6.30. The van der Waals surface area contributed by atoms with E-state index in [0.717, 1.165) is 12.1 Å². The van der Waals surface area contributed by atoms with Crippen molar-refractivity contribution in [3.8, 4) is 5.75 Å². The number of ketones is 1. The summed E-state index contributed by atoms with van der Waals surface area (Å²) in [6, 6.07) is 13.6. The lowest BCUT2D eigenvalue weighted by Crippen LogP contribution is -2.51. The van der Waals surface area contributed by atoms with Crippen molar-refractivity contribution < 1.29 is 14.3 Å². The van der Waals surface area contributed by atoms with Gasteiger partial charge in [0, 0.05) is 54.8 Å². The molecule has 0 radical (unpaired) electrons. The molecule has 0 spiro atoms. The van der Waals surface area contributed by atoms with Gasteiger partial charge in [-0.15, -0.1) is 0 Å². The largest absolute Gasteiger partial charge is 0.478 e. The number of allylic oxidation sites excluding steroid dienone is 1. The van der Waals surface area contributed by atoms with Gasteiger partial charge in [-0.05, 0) is 74.9 Å². The normalized spacial score (nSPS) is 14.6. The summed E-state index contributed by atoms with van der Waals surface area (Å²) in [6.45, 7) is 6.73. The molecule has 8 heteroatoms. The number of nitrogens with zero attached hydrogens (tertiary/aromatic N) is 3. The van der Waals surface area contributed by atoms with Crippen molar-refractivity contribution in [2.45, 2.75) is 45.6 Å². The molecule has 7 nitrogen and oxygen atoms in total. The highest BCUT2D eigenvalue weighted by atomic mass is 35.5. The lowest BCUT2D eigenvalue weighted by atomic mass is 10.0. The molecule has 0 aromatic heterocycles. The second kappa shape index (κ2) is 12.5. The third kappa shape index (κ3) is 7.28. The molecule has 1 aliphatic rings. The molecule has 0 saturated carbocycles. The van der Waals surface area contributed by atoms with Crippen LogP contribution in [0.5, 0.6) is 5.75 Å². The van der Waals surface area contributed by atoms with Crippen LogP contribution in [0, 0.1) is 0 Å². The number of ether oxygens (including phenoxy) is 1. The minimum Gasteiger partial charge on any atom is -0.478 e. The zero-order valence-corrected chi connectivity index (χ0v) is 22.0. The van der Waals surface area contributed by atoms with E-state index in [4.69, 9.17) is 16.3 Å². The Morgan fingerprint density at radius 2 is 1.64 bits per heavy atom. The van der Waals surface area contributed by atoms with Crippen molar-refractivity contribution in [2.24, 2.45) is 10.1 Å². The van der Waals surface area contributed by atoms with Crippen molar-refractivity contribution in [3.05, 3.63) is 76.8 Å². The maximum atomic E-state index is 13.2. The fraction of sp³-hybridized carbons (Fsp3) is 0.357. The molecule has 1 amide bonds. The zero-order valence-electron chi connectivity index (χ0n) is 21.3. The Labute approximate surface area is 217 Å². The number of hydrogen-bond donors (Lipinski definition) is 1. The third-order valence-corrected chi connectivity index (χ3v) is 6.07. The summed E-state index contributed by atoms with van der Waals surface area (Å²) < 4.78 is 6.05. The molecule has 1 aliphatic heterocycles. The molecule has 2 aromatic rings. The van der Waals surface area contributed by atoms with Crippen LogP contribution in [0.2, 0.25) is 5.02 Å². The Balaban J connectivity index is 1.56. The average Bonchev–Trinajstić information content (AvgIpc) is 2.89. The number of benzene rings is 2. The summed E-state index contributed by atoms with van der Waals surface area (Å²) in [5, 5.41) is 5.04. The Morgan fingerprint density at radius 1 is 1.06 bits per heavy atom. The third-order valence-electron chi connectivity index (χ3n) is 5.82. The van der Waals surface area contributed by atoms with Gasteiger partial charge in [-0.2, -0.15) is 5.10 Å². The summed E-state index contributed by atoms with van der Waals surface area (Å²) in [5.41, 5.74) is 4.04. The number of rotatable bonds is 8. The summed E-state index contributed by atoms with van der Waals surface area (Å²) in [5.74, 6) is 1.04. The summed E-state index contributed by atoms with van der Waals surface area (Å²) in [6.07, 6.45) is 6.22. The van der Waals surface area contributed by atoms with Crippen LogP contribution < -0.4 is 10.2 Å². The molecule has 190 valence electrons. The van der Waals surface area contributed by atoms with Gasteiger partial charge in [-0.25, -0.2) is 0 Å². The molecular weight excluding hydrogens is 476 g/mol. The Bertz CT molecular complexity index is 1140. The van der Waals surface area contributed by atoms with Crippen LogP contribution >= 0.6 is 11.6 Å². The van der Waals surface area contributed by atoms with E-state index < -0.39 is 5.60 Å². The van der Waals surface area contributed by atoms with Crippen molar-refractivity contribution in [1.82, 2.24) is 10.3 Å². The van der Waals surface area contributed by atoms with E-state index in [9.17, 15) is 9.59 Å². The quantitative estimate of drug-likeness (QED) is 0.227. The Kier molecular flexibility index (Phi) is 9.42. The molecule has 1 saturated heterocycles. The number of likely N-dealkylation sites (tertiary alicyclic amines) is 1. The van der Waals surface area contributed by atoms with Crippen LogP contribution in [-0.4, -0.2) is 53.9 Å². The molecule has 0 bridgehead atoms. The lowest BCUT2D eigenvalue weighted by molar-refractivity contribution is -0.145. The maximum Gasteiger partial charge on any atom is 0.266 e. The molecule has 0 atom stereocenters. The van der Waals surface area contributed by atoms with Gasteiger partial charge in [0.1, 0.15) is 11.6 Å². The van der Waals surface area contributed by atoms with E-state index in [0.29, 0.717) is 53.7 Å². The van der Waals surface area contributed by atoms with E-state index in [-0.39, 0.29) is 11.7 Å². The van der Waals surface area contributed by atoms with Crippen molar-refractivity contribution in [2.75, 3.05) is 20.1 Å². The van der Waals surface area contributed by atoms with Gasteiger partial charge in [-0.1, -0.05) is 24.6 Å². The first-order valence-electron chi connectivity index (χ1n) is 12.1. The number of nitrogens with one attached hydrogen (secondary N) is 1. The van der Waals surface area contributed by atoms with Crippen LogP contribution in [0.1, 0.15) is 56.0 Å². The smallest absolute Gasteiger partial charge is 0.266 e. The minimum atomic E-state index is -1.05. The van der Waals surface area contributed by atoms with Crippen LogP contribution in [0.3, 0.4) is 0 Å². The number of hydrazone groups is 1. The molecule has 2 aromatic carbocycles. The molecule has 0 aliphatic carbocycles. The number of hydrogen-bond acceptors (Lipinski definition) is 5. The highest BCUT2D eigenvalue weighted by Gasteiger charge is 2.35. The fourth-order valence-electron chi connectivity index (χ4n) is 3.77. The van der Waals surface area contributed by atoms with Gasteiger partial charge in [0.2, 0.25) is 0 Å². The molecule has 0 unspecified atom stereocenters. The molecule has 1 N–H and O–H groups in total. The van der Waals surface area contributed by atoms with Crippen LogP contribution in [-0.2, 0) is 4.79 Å². The van der Waals surface area contributed by atoms with Gasteiger partial charge in [0.15, 0.2) is 11.4 Å². The molecule has 1 heterocycles. The van der Waals surface area contributed by atoms with Gasteiger partial charge >= 0.3 is 0 Å². The second-order valence-corrected chi connectivity index (χ2v) is 9.41. The zero-order chi connectivity index (χ0) is 26.1. The Morgan fingerprint density at radius 3 is 2.19 bits per heavy atom. The summed E-state index contributed by atoms with van der Waals surface area (Å²) >= 11 is 5.91. The molecule has 1 fully saturated rings. The number of aliphatic imine (C=N–C) groups is 1. The highest BCUT2D eigenvalue weighted by Crippen LogP contribution is 2.23. The monoisotopic (exact) mass is 508 g/mol. The van der Waals surface area contributed by atoms with Crippen LogP contribution in [0.4, 0.5) is 0 Å². The van der Waals surface area contributed by atoms with Gasteiger partial charge in [0.05, 0.1) is 0 Å². The standard InChI is InChI=1S/C28H33ClN4O3/c1-5-6-7-25(30-4)32-31-23-16-18-33(19-17-23)27(35)28(2,3)36-24-14-10-21(11-15-24)26(34)20-8-12-22(29)13-9-20/h6-15H,5,16-19H2,1-4H3,(H,30,32)/b7-6-. The summed E-state index contributed by atoms with van der Waals surface area (Å²) in [7, 11) is 1.72. The van der Waals surface area contributed by atoms with Crippen molar-refractivity contribution in [1.29, 1.82) is 0 Å². The SMILES string of the molecule is CC/C=C\C(=NC)NN=C1CCN(C(=O)C(C)(C)Oc2ccc(C(=O)c3ccc(Cl)cc3)cc2)CC1. The number of carbonyl (C=O) groups excluding carboxylic acids is 2. The van der Waals surface area contributed by atoms with Gasteiger partial charge in [-0.3, -0.25) is 20.0 Å². The predicted molar refractivity (Wildman–Crippen MR) is 145 cm³/mol. The van der Waals surface area contributed by atoms with E-state index in [1.165, 1.54) is 0 Å². The summed E-state index contributed by atoms with van der Waals surface area (Å²) in [4.78, 5) is 31.9. The minimum absolute atomic E-state index is 0.0856. The Hall–Kier alpha value is -3.45. The van der Waals surface area contributed by atoms with Gasteiger partial charge in [0.25, 0.3) is 5.91 Å². The lowest BCUT2D eigenvalue weighted by Gasteiger charge is -2.34. The first kappa shape index (κ1) is 27.1. The number of amides is 1. The van der Waals surface area contributed by atoms with Crippen molar-refractivity contribution >= 4 is 34.8 Å². The van der Waals surface area contributed by atoms with E-state index in [1.54, 1.807) is 69.4 Å². The van der Waals surface area contributed by atoms with Crippen LogP contribution in [0.15, 0.2) is 70.8 Å². The first-order chi connectivity index (χ1) is 17.2. The van der Waals surface area contributed by atoms with E-state index >= 15 is 0 Å². The number of amidine groups is 1. The molecular formula is C28H33ClN4O3. The maximum absolute atomic E-state index is 13.2. The number of piperidine rings is 1. The van der Waals surface area contributed by atoms with Gasteiger partial charge < -0.3 is 9.64 Å². The first-order valence-corrected chi connectivity index (χ1v) is 12.4. The number of carbonyl (C=O) groups is 2. The van der Waals surface area contributed by atoms with Crippen molar-refractivity contribution in [3.63, 3.8) is 0 Å².